The van der Waals surface area contributed by atoms with Crippen molar-refractivity contribution in [2.24, 2.45) is 5.41 Å². The number of rotatable bonds is 10. The molecule has 0 bridgehead atoms. The van der Waals surface area contributed by atoms with E-state index in [4.69, 9.17) is 9.47 Å². The second-order valence-electron chi connectivity index (χ2n) is 6.79. The van der Waals surface area contributed by atoms with Crippen molar-refractivity contribution in [3.63, 3.8) is 0 Å². The van der Waals surface area contributed by atoms with Crippen molar-refractivity contribution in [2.45, 2.75) is 39.9 Å². The molecule has 0 heterocycles. The summed E-state index contributed by atoms with van der Waals surface area (Å²) in [4.78, 5) is 45.8. The van der Waals surface area contributed by atoms with Crippen LogP contribution in [-0.4, -0.2) is 21.8 Å². The first kappa shape index (κ1) is 23.5. The molecular weight excluding hydrogens is 408 g/mol. The molecule has 0 aliphatic rings. The normalized spacial score (nSPS) is 10.9. The third-order valence-corrected chi connectivity index (χ3v) is 5.02. The van der Waals surface area contributed by atoms with E-state index in [9.17, 15) is 29.8 Å². The summed E-state index contributed by atoms with van der Waals surface area (Å²) in [7, 11) is 0. The van der Waals surface area contributed by atoms with Crippen LogP contribution in [0.4, 0.5) is 11.4 Å². The number of hydrogen-bond donors (Lipinski definition) is 0. The summed E-state index contributed by atoms with van der Waals surface area (Å²) in [5.74, 6) is -1.49. The highest BCUT2D eigenvalue weighted by Gasteiger charge is 2.46. The van der Waals surface area contributed by atoms with Crippen molar-refractivity contribution in [1.29, 1.82) is 0 Å². The van der Waals surface area contributed by atoms with E-state index in [0.29, 0.717) is 11.1 Å². The average molecular weight is 430 g/mol. The van der Waals surface area contributed by atoms with E-state index in [0.717, 1.165) is 0 Å². The van der Waals surface area contributed by atoms with E-state index < -0.39 is 27.2 Å². The van der Waals surface area contributed by atoms with Gasteiger partial charge in [0.1, 0.15) is 13.2 Å². The maximum absolute atomic E-state index is 12.7. The third kappa shape index (κ3) is 5.62. The number of non-ortho nitro benzene ring substituents is 2. The Morgan fingerprint density at radius 3 is 1.32 bits per heavy atom. The van der Waals surface area contributed by atoms with Gasteiger partial charge in [-0.15, -0.1) is 0 Å². The van der Waals surface area contributed by atoms with Gasteiger partial charge in [-0.2, -0.15) is 0 Å². The maximum atomic E-state index is 12.7. The zero-order valence-corrected chi connectivity index (χ0v) is 17.1. The lowest BCUT2D eigenvalue weighted by Crippen LogP contribution is -2.41. The average Bonchev–Trinajstić information content (AvgIpc) is 2.78. The number of nitro benzene ring substituents is 2. The van der Waals surface area contributed by atoms with Crippen molar-refractivity contribution in [2.75, 3.05) is 0 Å². The van der Waals surface area contributed by atoms with Crippen LogP contribution in [0.25, 0.3) is 0 Å². The van der Waals surface area contributed by atoms with Crippen molar-refractivity contribution in [3.8, 4) is 0 Å². The lowest BCUT2D eigenvalue weighted by atomic mass is 9.82. The monoisotopic (exact) mass is 430 g/mol. The fourth-order valence-electron chi connectivity index (χ4n) is 2.91. The number of carbonyl (C=O) groups excluding carboxylic acids is 2. The summed E-state index contributed by atoms with van der Waals surface area (Å²) in [6.07, 6.45) is 0.309. The van der Waals surface area contributed by atoms with Crippen molar-refractivity contribution in [1.82, 2.24) is 0 Å². The molecular formula is C21H22N2O8. The first-order valence-electron chi connectivity index (χ1n) is 9.54. The van der Waals surface area contributed by atoms with E-state index in [2.05, 4.69) is 0 Å². The molecule has 0 saturated heterocycles. The molecule has 2 rings (SSSR count). The van der Waals surface area contributed by atoms with E-state index >= 15 is 0 Å². The highest BCUT2D eigenvalue weighted by Crippen LogP contribution is 2.31. The molecule has 0 unspecified atom stereocenters. The molecule has 0 amide bonds. The molecule has 10 heteroatoms. The third-order valence-electron chi connectivity index (χ3n) is 5.02. The highest BCUT2D eigenvalue weighted by molar-refractivity contribution is 6.00. The van der Waals surface area contributed by atoms with Gasteiger partial charge in [0.2, 0.25) is 0 Å². The Morgan fingerprint density at radius 2 is 1.06 bits per heavy atom. The second-order valence-corrected chi connectivity index (χ2v) is 6.79. The van der Waals surface area contributed by atoms with Crippen LogP contribution in [-0.2, 0) is 32.3 Å². The van der Waals surface area contributed by atoms with Gasteiger partial charge in [-0.1, -0.05) is 13.8 Å². The Hall–Kier alpha value is -3.82. The van der Waals surface area contributed by atoms with Crippen molar-refractivity contribution in [3.05, 3.63) is 79.9 Å². The van der Waals surface area contributed by atoms with Crippen LogP contribution in [0.3, 0.4) is 0 Å². The topological polar surface area (TPSA) is 139 Å². The van der Waals surface area contributed by atoms with Crippen LogP contribution >= 0.6 is 0 Å². The van der Waals surface area contributed by atoms with E-state index in [-0.39, 0.29) is 37.4 Å². The Balaban J connectivity index is 2.02. The molecule has 164 valence electrons. The fraction of sp³-hybridized carbons (Fsp3) is 0.333. The minimum atomic E-state index is -1.50. The first-order valence-corrected chi connectivity index (χ1v) is 9.54. The standard InChI is InChI=1S/C21H22N2O8/c1-3-21(4-2,19(24)30-13-15-5-9-17(10-6-15)22(26)27)20(25)31-14-16-7-11-18(12-8-16)23(28)29/h5-12H,3-4,13-14H2,1-2H3. The number of nitro groups is 2. The molecule has 0 atom stereocenters. The minimum absolute atomic E-state index is 0.0821. The molecule has 0 aliphatic carbocycles. The molecule has 0 spiro atoms. The summed E-state index contributed by atoms with van der Waals surface area (Å²) < 4.78 is 10.6. The zero-order chi connectivity index (χ0) is 23.0. The predicted molar refractivity (Wildman–Crippen MR) is 109 cm³/mol. The van der Waals surface area contributed by atoms with Crippen LogP contribution in [0, 0.1) is 25.6 Å². The Labute approximate surface area is 178 Å². The van der Waals surface area contributed by atoms with Gasteiger partial charge in [-0.05, 0) is 48.2 Å². The zero-order valence-electron chi connectivity index (χ0n) is 17.1. The van der Waals surface area contributed by atoms with Gasteiger partial charge in [0.05, 0.1) is 9.85 Å². The van der Waals surface area contributed by atoms with Crippen LogP contribution < -0.4 is 0 Å². The number of ether oxygens (including phenoxy) is 2. The second kappa shape index (κ2) is 10.3. The number of carbonyl (C=O) groups is 2. The van der Waals surface area contributed by atoms with E-state index in [1.807, 2.05) is 0 Å². The molecule has 0 aromatic heterocycles. The summed E-state index contributed by atoms with van der Waals surface area (Å²) in [6, 6.07) is 11.1. The molecule has 31 heavy (non-hydrogen) atoms. The largest absolute Gasteiger partial charge is 0.460 e. The summed E-state index contributed by atoms with van der Waals surface area (Å²) in [6.45, 7) is 3.05. The molecule has 2 aromatic carbocycles. The Bertz CT molecular complexity index is 875. The number of benzene rings is 2. The SMILES string of the molecule is CCC(CC)(C(=O)OCc1ccc([N+](=O)[O-])cc1)C(=O)OCc1ccc([N+](=O)[O-])cc1. The number of esters is 2. The molecule has 0 fully saturated rings. The minimum Gasteiger partial charge on any atom is -0.460 e. The maximum Gasteiger partial charge on any atom is 0.323 e. The number of nitrogens with zero attached hydrogens (tertiary/aromatic N) is 2. The van der Waals surface area contributed by atoms with Crippen LogP contribution in [0.1, 0.15) is 37.8 Å². The Kier molecular flexibility index (Phi) is 7.78. The van der Waals surface area contributed by atoms with Gasteiger partial charge < -0.3 is 9.47 Å². The van der Waals surface area contributed by atoms with Gasteiger partial charge >= 0.3 is 11.9 Å². The van der Waals surface area contributed by atoms with Gasteiger partial charge in [0.25, 0.3) is 11.4 Å². The molecule has 0 saturated carbocycles. The van der Waals surface area contributed by atoms with Crippen LogP contribution in [0.5, 0.6) is 0 Å². The fourth-order valence-corrected chi connectivity index (χ4v) is 2.91. The smallest absolute Gasteiger partial charge is 0.323 e. The lowest BCUT2D eigenvalue weighted by molar-refractivity contribution is -0.385. The van der Waals surface area contributed by atoms with Crippen molar-refractivity contribution >= 4 is 23.3 Å². The summed E-state index contributed by atoms with van der Waals surface area (Å²) >= 11 is 0. The highest BCUT2D eigenvalue weighted by atomic mass is 16.6. The first-order chi connectivity index (χ1) is 14.7. The predicted octanol–water partition coefficient (Wildman–Crippen LogP) is 4.10. The van der Waals surface area contributed by atoms with Gasteiger partial charge in [-0.25, -0.2) is 0 Å². The summed E-state index contributed by atoms with van der Waals surface area (Å²) in [5.41, 5.74) is -0.581. The van der Waals surface area contributed by atoms with Crippen molar-refractivity contribution < 1.29 is 28.9 Å². The number of hydrogen-bond acceptors (Lipinski definition) is 8. The lowest BCUT2D eigenvalue weighted by Gasteiger charge is -2.27. The van der Waals surface area contributed by atoms with Gasteiger partial charge in [-0.3, -0.25) is 29.8 Å². The molecule has 2 aromatic rings. The Morgan fingerprint density at radius 1 is 0.742 bits per heavy atom. The van der Waals surface area contributed by atoms with Crippen LogP contribution in [0.2, 0.25) is 0 Å². The molecule has 0 radical (unpaired) electrons. The summed E-state index contributed by atoms with van der Waals surface area (Å²) in [5, 5.41) is 21.4. The van der Waals surface area contributed by atoms with Gasteiger partial charge in [0, 0.05) is 24.3 Å². The van der Waals surface area contributed by atoms with E-state index in [1.54, 1.807) is 13.8 Å². The van der Waals surface area contributed by atoms with Gasteiger partial charge in [0.15, 0.2) is 5.41 Å². The quantitative estimate of drug-likeness (QED) is 0.238. The van der Waals surface area contributed by atoms with Crippen LogP contribution in [0.15, 0.2) is 48.5 Å². The van der Waals surface area contributed by atoms with E-state index in [1.165, 1.54) is 48.5 Å². The molecule has 0 N–H and O–H groups in total. The molecule has 10 nitrogen and oxygen atoms in total. The molecule has 0 aliphatic heterocycles.